The minimum absolute atomic E-state index is 0.168. The molecule has 3 aromatic rings. The summed E-state index contributed by atoms with van der Waals surface area (Å²) >= 11 is 0. The van der Waals surface area contributed by atoms with Gasteiger partial charge in [0.2, 0.25) is 0 Å². The standard InChI is InChI=1S/C27H30FN3O4/c1-27(2,3)35-26(33)30-12-11-23-24(30)21(20-14-29-22-13-18(28)9-10-19(20)22)15-31(23)25(32)34-16-17-7-5-4-6-8-17/h4-10,13-14,21,23-24,29H,11-12,15-16H2,1-3H3/t21-,23-,24-/m1/s1. The Morgan fingerprint density at radius 1 is 1.09 bits per heavy atom. The molecule has 2 aliphatic heterocycles. The minimum Gasteiger partial charge on any atom is -0.445 e. The lowest BCUT2D eigenvalue weighted by atomic mass is 9.91. The molecule has 0 saturated carbocycles. The van der Waals surface area contributed by atoms with Crippen molar-refractivity contribution >= 4 is 23.1 Å². The highest BCUT2D eigenvalue weighted by molar-refractivity contribution is 5.84. The van der Waals surface area contributed by atoms with Gasteiger partial charge in [-0.05, 0) is 56.5 Å². The zero-order valence-electron chi connectivity index (χ0n) is 20.2. The van der Waals surface area contributed by atoms with Crippen LogP contribution in [0.1, 0.15) is 44.2 Å². The van der Waals surface area contributed by atoms with Gasteiger partial charge in [-0.2, -0.15) is 0 Å². The number of amides is 2. The van der Waals surface area contributed by atoms with Crippen LogP contribution in [0.3, 0.4) is 0 Å². The lowest BCUT2D eigenvalue weighted by Crippen LogP contribution is -2.44. The summed E-state index contributed by atoms with van der Waals surface area (Å²) < 4.78 is 25.2. The second kappa shape index (κ2) is 8.91. The Hall–Kier alpha value is -3.55. The predicted octanol–water partition coefficient (Wildman–Crippen LogP) is 5.42. The molecule has 0 radical (unpaired) electrons. The van der Waals surface area contributed by atoms with Crippen LogP contribution in [0.15, 0.2) is 54.7 Å². The zero-order chi connectivity index (χ0) is 24.7. The molecule has 7 nitrogen and oxygen atoms in total. The highest BCUT2D eigenvalue weighted by Crippen LogP contribution is 2.43. The summed E-state index contributed by atoms with van der Waals surface area (Å²) in [6.07, 6.45) is 1.71. The summed E-state index contributed by atoms with van der Waals surface area (Å²) in [5.41, 5.74) is 1.91. The van der Waals surface area contributed by atoms with Crippen LogP contribution in [-0.4, -0.2) is 57.7 Å². The fourth-order valence-corrected chi connectivity index (χ4v) is 5.34. The molecule has 3 atom stereocenters. The van der Waals surface area contributed by atoms with Crippen molar-refractivity contribution in [2.75, 3.05) is 13.1 Å². The molecule has 0 bridgehead atoms. The monoisotopic (exact) mass is 479 g/mol. The van der Waals surface area contributed by atoms with Gasteiger partial charge in [0.15, 0.2) is 0 Å². The number of hydrogen-bond donors (Lipinski definition) is 1. The largest absolute Gasteiger partial charge is 0.445 e. The van der Waals surface area contributed by atoms with Crippen LogP contribution in [0.25, 0.3) is 10.9 Å². The van der Waals surface area contributed by atoms with Crippen molar-refractivity contribution < 1.29 is 23.5 Å². The number of carbonyl (C=O) groups is 2. The average molecular weight is 480 g/mol. The molecule has 2 fully saturated rings. The van der Waals surface area contributed by atoms with Gasteiger partial charge < -0.3 is 24.3 Å². The van der Waals surface area contributed by atoms with E-state index >= 15 is 0 Å². The van der Waals surface area contributed by atoms with Crippen LogP contribution in [0.2, 0.25) is 0 Å². The number of likely N-dealkylation sites (tertiary alicyclic amines) is 2. The summed E-state index contributed by atoms with van der Waals surface area (Å²) in [6, 6.07) is 13.7. The van der Waals surface area contributed by atoms with Crippen molar-refractivity contribution in [3.63, 3.8) is 0 Å². The van der Waals surface area contributed by atoms with Crippen molar-refractivity contribution in [1.29, 1.82) is 0 Å². The van der Waals surface area contributed by atoms with E-state index in [1.165, 1.54) is 12.1 Å². The molecule has 0 aliphatic carbocycles. The maximum atomic E-state index is 13.8. The third-order valence-corrected chi connectivity index (χ3v) is 6.77. The Bertz CT molecular complexity index is 1240. The number of nitrogens with zero attached hydrogens (tertiary/aromatic N) is 2. The van der Waals surface area contributed by atoms with E-state index in [2.05, 4.69) is 4.98 Å². The van der Waals surface area contributed by atoms with E-state index in [0.29, 0.717) is 25.0 Å². The number of rotatable bonds is 3. The molecule has 184 valence electrons. The molecule has 0 spiro atoms. The predicted molar refractivity (Wildman–Crippen MR) is 129 cm³/mol. The second-order valence-corrected chi connectivity index (χ2v) is 10.3. The lowest BCUT2D eigenvalue weighted by molar-refractivity contribution is 0.0209. The number of halogens is 1. The van der Waals surface area contributed by atoms with E-state index < -0.39 is 11.7 Å². The van der Waals surface area contributed by atoms with E-state index in [1.807, 2.05) is 57.3 Å². The number of fused-ring (bicyclic) bond motifs is 2. The molecule has 2 saturated heterocycles. The molecule has 2 aromatic carbocycles. The van der Waals surface area contributed by atoms with Crippen molar-refractivity contribution in [3.8, 4) is 0 Å². The van der Waals surface area contributed by atoms with Gasteiger partial charge in [-0.3, -0.25) is 0 Å². The number of aromatic nitrogens is 1. The van der Waals surface area contributed by atoms with Crippen LogP contribution in [-0.2, 0) is 16.1 Å². The SMILES string of the molecule is CC(C)(C)OC(=O)N1CC[C@@H]2[C@H]1[C@@H](c1c[nH]c3cc(F)ccc13)CN2C(=O)OCc1ccccc1. The van der Waals surface area contributed by atoms with Crippen molar-refractivity contribution in [2.45, 2.75) is 57.4 Å². The first kappa shape index (κ1) is 23.2. The van der Waals surface area contributed by atoms with Crippen molar-refractivity contribution in [2.24, 2.45) is 0 Å². The number of benzene rings is 2. The summed E-state index contributed by atoms with van der Waals surface area (Å²) in [5.74, 6) is -0.490. The summed E-state index contributed by atoms with van der Waals surface area (Å²) in [7, 11) is 0. The molecule has 1 aromatic heterocycles. The molecule has 0 unspecified atom stereocenters. The highest BCUT2D eigenvalue weighted by Gasteiger charge is 2.53. The number of H-pyrrole nitrogens is 1. The number of hydrogen-bond acceptors (Lipinski definition) is 4. The smallest absolute Gasteiger partial charge is 0.410 e. The van der Waals surface area contributed by atoms with E-state index in [9.17, 15) is 14.0 Å². The Morgan fingerprint density at radius 3 is 2.60 bits per heavy atom. The van der Waals surface area contributed by atoms with E-state index in [4.69, 9.17) is 9.47 Å². The quantitative estimate of drug-likeness (QED) is 0.544. The third-order valence-electron chi connectivity index (χ3n) is 6.77. The molecule has 3 heterocycles. The van der Waals surface area contributed by atoms with E-state index in [0.717, 1.165) is 16.5 Å². The van der Waals surface area contributed by atoms with Gasteiger partial charge in [0, 0.05) is 36.1 Å². The van der Waals surface area contributed by atoms with Gasteiger partial charge >= 0.3 is 12.2 Å². The molecular weight excluding hydrogens is 449 g/mol. The molecule has 2 amide bonds. The highest BCUT2D eigenvalue weighted by atomic mass is 19.1. The van der Waals surface area contributed by atoms with Gasteiger partial charge in [0.25, 0.3) is 0 Å². The Labute approximate surface area is 203 Å². The summed E-state index contributed by atoms with van der Waals surface area (Å²) in [5, 5.41) is 0.880. The van der Waals surface area contributed by atoms with Gasteiger partial charge in [-0.25, -0.2) is 14.0 Å². The maximum absolute atomic E-state index is 13.8. The van der Waals surface area contributed by atoms with Crippen molar-refractivity contribution in [1.82, 2.24) is 14.8 Å². The Morgan fingerprint density at radius 2 is 1.86 bits per heavy atom. The van der Waals surface area contributed by atoms with E-state index in [-0.39, 0.29) is 36.5 Å². The van der Waals surface area contributed by atoms with Crippen LogP contribution < -0.4 is 0 Å². The molecule has 35 heavy (non-hydrogen) atoms. The van der Waals surface area contributed by atoms with Crippen LogP contribution in [0.4, 0.5) is 14.0 Å². The summed E-state index contributed by atoms with van der Waals surface area (Å²) in [6.45, 7) is 6.58. The molecule has 5 rings (SSSR count). The van der Waals surface area contributed by atoms with Gasteiger partial charge in [0.05, 0.1) is 12.1 Å². The fraction of sp³-hybridized carbons (Fsp3) is 0.407. The van der Waals surface area contributed by atoms with Crippen molar-refractivity contribution in [3.05, 3.63) is 71.7 Å². The van der Waals surface area contributed by atoms with Crippen LogP contribution in [0, 0.1) is 5.82 Å². The third kappa shape index (κ3) is 4.57. The lowest BCUT2D eigenvalue weighted by Gasteiger charge is -2.31. The Balaban J connectivity index is 1.44. The number of carbonyl (C=O) groups excluding carboxylic acids is 2. The fourth-order valence-electron chi connectivity index (χ4n) is 5.34. The summed E-state index contributed by atoms with van der Waals surface area (Å²) in [4.78, 5) is 33.0. The first-order valence-electron chi connectivity index (χ1n) is 11.9. The average Bonchev–Trinajstić information content (AvgIpc) is 3.50. The van der Waals surface area contributed by atoms with Gasteiger partial charge in [0.1, 0.15) is 18.0 Å². The Kier molecular flexibility index (Phi) is 5.91. The molecular formula is C27H30FN3O4. The van der Waals surface area contributed by atoms with E-state index in [1.54, 1.807) is 15.9 Å². The van der Waals surface area contributed by atoms with Gasteiger partial charge in [-0.1, -0.05) is 30.3 Å². The van der Waals surface area contributed by atoms with Gasteiger partial charge in [-0.15, -0.1) is 0 Å². The van der Waals surface area contributed by atoms with Crippen LogP contribution >= 0.6 is 0 Å². The first-order chi connectivity index (χ1) is 16.7. The topological polar surface area (TPSA) is 74.9 Å². The molecule has 8 heteroatoms. The maximum Gasteiger partial charge on any atom is 0.410 e. The number of nitrogens with one attached hydrogen (secondary N) is 1. The first-order valence-corrected chi connectivity index (χ1v) is 11.9. The minimum atomic E-state index is -0.629. The number of ether oxygens (including phenoxy) is 2. The van der Waals surface area contributed by atoms with Crippen LogP contribution in [0.5, 0.6) is 0 Å². The normalized spacial score (nSPS) is 21.9. The zero-order valence-corrected chi connectivity index (χ0v) is 20.2. The number of aromatic amines is 1. The molecule has 1 N–H and O–H groups in total. The second-order valence-electron chi connectivity index (χ2n) is 10.3. The molecule has 2 aliphatic rings.